The summed E-state index contributed by atoms with van der Waals surface area (Å²) < 4.78 is 11.1. The molecule has 1 aliphatic rings. The van der Waals surface area contributed by atoms with Crippen LogP contribution in [0.25, 0.3) is 5.57 Å². The van der Waals surface area contributed by atoms with Crippen LogP contribution >= 0.6 is 11.6 Å². The quantitative estimate of drug-likeness (QED) is 0.400. The van der Waals surface area contributed by atoms with E-state index in [2.05, 4.69) is 5.32 Å². The summed E-state index contributed by atoms with van der Waals surface area (Å²) in [5.41, 5.74) is 2.71. The number of carbonyl (C=O) groups excluding carboxylic acids is 2. The van der Waals surface area contributed by atoms with Crippen LogP contribution in [-0.4, -0.2) is 42.6 Å². The first-order valence-corrected chi connectivity index (χ1v) is 11.2. The number of imide groups is 1. The molecule has 6 nitrogen and oxygen atoms in total. The van der Waals surface area contributed by atoms with Gasteiger partial charge in [0.25, 0.3) is 11.8 Å². The maximum Gasteiger partial charge on any atom is 0.278 e. The highest BCUT2D eigenvalue weighted by molar-refractivity contribution is 6.36. The van der Waals surface area contributed by atoms with E-state index in [-0.39, 0.29) is 30.2 Å². The first kappa shape index (κ1) is 23.8. The molecule has 0 atom stereocenters. The molecule has 0 aliphatic carbocycles. The molecule has 2 aromatic rings. The van der Waals surface area contributed by atoms with Crippen molar-refractivity contribution in [2.75, 3.05) is 25.1 Å². The Morgan fingerprint density at radius 1 is 1.06 bits per heavy atom. The van der Waals surface area contributed by atoms with Gasteiger partial charge in [0.15, 0.2) is 0 Å². The van der Waals surface area contributed by atoms with E-state index >= 15 is 0 Å². The molecule has 0 unspecified atom stereocenters. The minimum Gasteiger partial charge on any atom is -0.491 e. The maximum absolute atomic E-state index is 13.3. The fourth-order valence-electron chi connectivity index (χ4n) is 3.48. The SMILES string of the molecule is CCOCCCN1C(=O)C(Nc2cccc(Cl)c2C)=C(c2ccc(OC(C)C)cc2)C1=O. The molecular formula is C25H29ClN2O4. The minimum absolute atomic E-state index is 0.0404. The second kappa shape index (κ2) is 10.7. The first-order chi connectivity index (χ1) is 15.3. The Bertz CT molecular complexity index is 1020. The number of anilines is 1. The molecule has 0 aromatic heterocycles. The van der Waals surface area contributed by atoms with Crippen molar-refractivity contribution in [3.63, 3.8) is 0 Å². The second-order valence-electron chi connectivity index (χ2n) is 7.79. The van der Waals surface area contributed by atoms with Gasteiger partial charge in [0.05, 0.1) is 11.7 Å². The van der Waals surface area contributed by atoms with Gasteiger partial charge in [-0.3, -0.25) is 14.5 Å². The third-order valence-corrected chi connectivity index (χ3v) is 5.49. The van der Waals surface area contributed by atoms with E-state index < -0.39 is 0 Å². The number of nitrogens with zero attached hydrogens (tertiary/aromatic N) is 1. The predicted molar refractivity (Wildman–Crippen MR) is 127 cm³/mol. The van der Waals surface area contributed by atoms with Gasteiger partial charge in [0.2, 0.25) is 0 Å². The molecule has 2 aromatic carbocycles. The molecule has 32 heavy (non-hydrogen) atoms. The molecule has 0 saturated carbocycles. The lowest BCUT2D eigenvalue weighted by Gasteiger charge is -2.15. The fourth-order valence-corrected chi connectivity index (χ4v) is 3.66. The molecule has 170 valence electrons. The largest absolute Gasteiger partial charge is 0.491 e. The van der Waals surface area contributed by atoms with E-state index in [9.17, 15) is 9.59 Å². The van der Waals surface area contributed by atoms with Crippen LogP contribution in [-0.2, 0) is 14.3 Å². The van der Waals surface area contributed by atoms with Gasteiger partial charge in [-0.25, -0.2) is 0 Å². The smallest absolute Gasteiger partial charge is 0.278 e. The fraction of sp³-hybridized carbons (Fsp3) is 0.360. The Morgan fingerprint density at radius 2 is 1.78 bits per heavy atom. The van der Waals surface area contributed by atoms with Gasteiger partial charge in [-0.2, -0.15) is 0 Å². The number of amides is 2. The number of benzene rings is 2. The third kappa shape index (κ3) is 5.31. The van der Waals surface area contributed by atoms with Gasteiger partial charge < -0.3 is 14.8 Å². The number of ether oxygens (including phenoxy) is 2. The Morgan fingerprint density at radius 3 is 2.44 bits per heavy atom. The molecule has 7 heteroatoms. The highest BCUT2D eigenvalue weighted by Gasteiger charge is 2.39. The van der Waals surface area contributed by atoms with Crippen LogP contribution in [0, 0.1) is 6.92 Å². The molecule has 0 radical (unpaired) electrons. The monoisotopic (exact) mass is 456 g/mol. The molecular weight excluding hydrogens is 428 g/mol. The molecule has 1 heterocycles. The Labute approximate surface area is 194 Å². The summed E-state index contributed by atoms with van der Waals surface area (Å²) in [6.45, 7) is 9.04. The lowest BCUT2D eigenvalue weighted by atomic mass is 10.0. The van der Waals surface area contributed by atoms with Gasteiger partial charge >= 0.3 is 0 Å². The number of hydrogen-bond donors (Lipinski definition) is 1. The summed E-state index contributed by atoms with van der Waals surface area (Å²) >= 11 is 6.26. The van der Waals surface area contributed by atoms with Crippen molar-refractivity contribution in [1.29, 1.82) is 0 Å². The van der Waals surface area contributed by atoms with Crippen LogP contribution in [0.5, 0.6) is 5.75 Å². The summed E-state index contributed by atoms with van der Waals surface area (Å²) in [5, 5.41) is 3.76. The van der Waals surface area contributed by atoms with E-state index in [1.807, 2.05) is 33.8 Å². The molecule has 3 rings (SSSR count). The molecule has 0 spiro atoms. The van der Waals surface area contributed by atoms with E-state index in [0.29, 0.717) is 47.2 Å². The predicted octanol–water partition coefficient (Wildman–Crippen LogP) is 5.05. The minimum atomic E-state index is -0.358. The standard InChI is InChI=1S/C25H29ClN2O4/c1-5-31-15-7-14-28-24(29)22(18-10-12-19(13-11-18)32-16(2)3)23(25(28)30)27-21-9-6-8-20(26)17(21)4/h6,8-13,16,27H,5,7,14-15H2,1-4H3. The average Bonchev–Trinajstić information content (AvgIpc) is 2.98. The average molecular weight is 457 g/mol. The highest BCUT2D eigenvalue weighted by Crippen LogP contribution is 2.33. The van der Waals surface area contributed by atoms with E-state index in [1.54, 1.807) is 36.4 Å². The zero-order chi connectivity index (χ0) is 23.3. The zero-order valence-corrected chi connectivity index (χ0v) is 19.7. The van der Waals surface area contributed by atoms with Crippen LogP contribution in [0.4, 0.5) is 5.69 Å². The van der Waals surface area contributed by atoms with Crippen molar-refractivity contribution in [3.05, 3.63) is 64.3 Å². The lowest BCUT2D eigenvalue weighted by molar-refractivity contribution is -0.137. The summed E-state index contributed by atoms with van der Waals surface area (Å²) in [7, 11) is 0. The van der Waals surface area contributed by atoms with Crippen molar-refractivity contribution in [2.45, 2.75) is 40.2 Å². The second-order valence-corrected chi connectivity index (χ2v) is 8.20. The molecule has 2 amide bonds. The molecule has 1 N–H and O–H groups in total. The number of carbonyl (C=O) groups is 2. The van der Waals surface area contributed by atoms with Crippen molar-refractivity contribution >= 4 is 34.7 Å². The number of nitrogens with one attached hydrogen (secondary N) is 1. The number of rotatable bonds is 10. The van der Waals surface area contributed by atoms with E-state index in [0.717, 1.165) is 5.56 Å². The third-order valence-electron chi connectivity index (χ3n) is 5.08. The van der Waals surface area contributed by atoms with Crippen LogP contribution in [0.3, 0.4) is 0 Å². The summed E-state index contributed by atoms with van der Waals surface area (Å²) in [6, 6.07) is 12.6. The normalized spacial score (nSPS) is 14.0. The van der Waals surface area contributed by atoms with Gasteiger partial charge in [0, 0.05) is 30.5 Å². The van der Waals surface area contributed by atoms with Crippen LogP contribution in [0.1, 0.15) is 38.3 Å². The zero-order valence-electron chi connectivity index (χ0n) is 18.9. The van der Waals surface area contributed by atoms with Crippen molar-refractivity contribution in [3.8, 4) is 5.75 Å². The lowest BCUT2D eigenvalue weighted by Crippen LogP contribution is -2.34. The Kier molecular flexibility index (Phi) is 7.94. The van der Waals surface area contributed by atoms with Crippen molar-refractivity contribution in [2.24, 2.45) is 0 Å². The Balaban J connectivity index is 1.96. The number of hydrogen-bond acceptors (Lipinski definition) is 5. The van der Waals surface area contributed by atoms with Crippen molar-refractivity contribution < 1.29 is 19.1 Å². The molecule has 0 saturated heterocycles. The van der Waals surface area contributed by atoms with Gasteiger partial charge in [-0.15, -0.1) is 0 Å². The summed E-state index contributed by atoms with van der Waals surface area (Å²) in [4.78, 5) is 27.8. The van der Waals surface area contributed by atoms with Crippen molar-refractivity contribution in [1.82, 2.24) is 4.90 Å². The van der Waals surface area contributed by atoms with Gasteiger partial charge in [-0.05, 0) is 69.5 Å². The highest BCUT2D eigenvalue weighted by atomic mass is 35.5. The van der Waals surface area contributed by atoms with E-state index in [4.69, 9.17) is 21.1 Å². The molecule has 1 aliphatic heterocycles. The van der Waals surface area contributed by atoms with Gasteiger partial charge in [0.1, 0.15) is 11.4 Å². The van der Waals surface area contributed by atoms with Gasteiger partial charge in [-0.1, -0.05) is 29.8 Å². The first-order valence-electron chi connectivity index (χ1n) is 10.8. The number of halogens is 1. The topological polar surface area (TPSA) is 67.9 Å². The van der Waals surface area contributed by atoms with E-state index in [1.165, 1.54) is 4.90 Å². The van der Waals surface area contributed by atoms with Crippen LogP contribution < -0.4 is 10.1 Å². The van der Waals surface area contributed by atoms with Crippen LogP contribution in [0.2, 0.25) is 5.02 Å². The summed E-state index contributed by atoms with van der Waals surface area (Å²) in [5.74, 6) is 0.0180. The molecule has 0 fully saturated rings. The summed E-state index contributed by atoms with van der Waals surface area (Å²) in [6.07, 6.45) is 0.613. The Hall–Kier alpha value is -2.83. The molecule has 0 bridgehead atoms. The van der Waals surface area contributed by atoms with Crippen LogP contribution in [0.15, 0.2) is 48.2 Å². The maximum atomic E-state index is 13.3.